The fourth-order valence-corrected chi connectivity index (χ4v) is 4.89. The van der Waals surface area contributed by atoms with Gasteiger partial charge in [0.1, 0.15) is 0 Å². The third kappa shape index (κ3) is 4.69. The molecule has 2 aromatic rings. The SMILES string of the molecule is CN1CCN(CCNC(=O)CC(c2cccs2)N2Cc3ccccc3C2=O)CC1. The summed E-state index contributed by atoms with van der Waals surface area (Å²) in [6.45, 7) is 6.32. The number of hydrogen-bond acceptors (Lipinski definition) is 5. The number of thiophene rings is 1. The average molecular weight is 413 g/mol. The summed E-state index contributed by atoms with van der Waals surface area (Å²) in [6, 6.07) is 11.5. The van der Waals surface area contributed by atoms with Crippen LogP contribution in [0, 0.1) is 0 Å². The molecule has 2 amide bonds. The van der Waals surface area contributed by atoms with Crippen LogP contribution in [-0.4, -0.2) is 72.8 Å². The summed E-state index contributed by atoms with van der Waals surface area (Å²) in [7, 11) is 2.14. The third-order valence-corrected chi connectivity index (χ3v) is 6.80. The van der Waals surface area contributed by atoms with E-state index in [-0.39, 0.29) is 17.9 Å². The Morgan fingerprint density at radius 1 is 1.14 bits per heavy atom. The molecule has 1 atom stereocenters. The van der Waals surface area contributed by atoms with Gasteiger partial charge in [0, 0.05) is 56.3 Å². The minimum atomic E-state index is -0.224. The average Bonchev–Trinajstić information content (AvgIpc) is 3.37. The number of piperazine rings is 1. The Labute approximate surface area is 176 Å². The summed E-state index contributed by atoms with van der Waals surface area (Å²) < 4.78 is 0. The predicted molar refractivity (Wildman–Crippen MR) is 115 cm³/mol. The number of hydrogen-bond donors (Lipinski definition) is 1. The molecule has 0 aliphatic carbocycles. The minimum Gasteiger partial charge on any atom is -0.355 e. The van der Waals surface area contributed by atoms with E-state index in [2.05, 4.69) is 22.2 Å². The van der Waals surface area contributed by atoms with Gasteiger partial charge in [-0.05, 0) is 30.1 Å². The van der Waals surface area contributed by atoms with Gasteiger partial charge < -0.3 is 15.1 Å². The first-order valence-corrected chi connectivity index (χ1v) is 11.1. The normalized spacial score (nSPS) is 18.7. The summed E-state index contributed by atoms with van der Waals surface area (Å²) >= 11 is 1.60. The molecule has 6 nitrogen and oxygen atoms in total. The fraction of sp³-hybridized carbons (Fsp3) is 0.455. The van der Waals surface area contributed by atoms with Gasteiger partial charge in [0.15, 0.2) is 0 Å². The summed E-state index contributed by atoms with van der Waals surface area (Å²) in [5.74, 6) is 0.0190. The molecule has 29 heavy (non-hydrogen) atoms. The van der Waals surface area contributed by atoms with Crippen LogP contribution < -0.4 is 5.32 Å². The summed E-state index contributed by atoms with van der Waals surface area (Å²) in [4.78, 5) is 33.3. The second-order valence-electron chi connectivity index (χ2n) is 7.82. The second kappa shape index (κ2) is 9.07. The third-order valence-electron chi connectivity index (χ3n) is 5.82. The molecular weight excluding hydrogens is 384 g/mol. The number of rotatable bonds is 7. The van der Waals surface area contributed by atoms with Crippen LogP contribution in [0.3, 0.4) is 0 Å². The number of fused-ring (bicyclic) bond motifs is 1. The molecular formula is C22H28N4O2S. The molecule has 1 saturated heterocycles. The Morgan fingerprint density at radius 3 is 2.66 bits per heavy atom. The van der Waals surface area contributed by atoms with Crippen molar-refractivity contribution in [2.75, 3.05) is 46.3 Å². The highest BCUT2D eigenvalue weighted by Gasteiger charge is 2.34. The lowest BCUT2D eigenvalue weighted by atomic mass is 10.1. The van der Waals surface area contributed by atoms with E-state index in [1.54, 1.807) is 11.3 Å². The van der Waals surface area contributed by atoms with E-state index in [1.807, 2.05) is 46.7 Å². The van der Waals surface area contributed by atoms with Crippen LogP contribution in [0.25, 0.3) is 0 Å². The number of amides is 2. The molecule has 3 heterocycles. The zero-order chi connectivity index (χ0) is 20.2. The van der Waals surface area contributed by atoms with Crippen molar-refractivity contribution >= 4 is 23.2 Å². The van der Waals surface area contributed by atoms with Crippen molar-refractivity contribution in [2.24, 2.45) is 0 Å². The van der Waals surface area contributed by atoms with Gasteiger partial charge in [-0.1, -0.05) is 24.3 Å². The number of benzene rings is 1. The quantitative estimate of drug-likeness (QED) is 0.758. The molecule has 1 unspecified atom stereocenters. The van der Waals surface area contributed by atoms with Crippen molar-refractivity contribution in [2.45, 2.75) is 19.0 Å². The summed E-state index contributed by atoms with van der Waals surface area (Å²) in [5, 5.41) is 5.07. The van der Waals surface area contributed by atoms with Gasteiger partial charge in [-0.3, -0.25) is 14.5 Å². The van der Waals surface area contributed by atoms with Crippen LogP contribution in [0.4, 0.5) is 0 Å². The molecule has 2 aliphatic heterocycles. The van der Waals surface area contributed by atoms with E-state index in [9.17, 15) is 9.59 Å². The Morgan fingerprint density at radius 2 is 1.93 bits per heavy atom. The molecule has 0 radical (unpaired) electrons. The summed E-state index contributed by atoms with van der Waals surface area (Å²) in [6.07, 6.45) is 0.295. The first-order chi connectivity index (χ1) is 14.1. The molecule has 7 heteroatoms. The smallest absolute Gasteiger partial charge is 0.255 e. The van der Waals surface area contributed by atoms with Crippen LogP contribution in [0.15, 0.2) is 41.8 Å². The molecule has 1 aromatic carbocycles. The van der Waals surface area contributed by atoms with Gasteiger partial charge in [0.2, 0.25) is 5.91 Å². The highest BCUT2D eigenvalue weighted by Crippen LogP contribution is 2.35. The lowest BCUT2D eigenvalue weighted by Crippen LogP contribution is -2.47. The van der Waals surface area contributed by atoms with Crippen LogP contribution >= 0.6 is 11.3 Å². The predicted octanol–water partition coefficient (Wildman–Crippen LogP) is 2.20. The van der Waals surface area contributed by atoms with Crippen LogP contribution in [0.1, 0.15) is 33.3 Å². The van der Waals surface area contributed by atoms with Crippen LogP contribution in [0.5, 0.6) is 0 Å². The Hall–Kier alpha value is -2.22. The number of nitrogens with zero attached hydrogens (tertiary/aromatic N) is 3. The van der Waals surface area contributed by atoms with Crippen molar-refractivity contribution < 1.29 is 9.59 Å². The number of likely N-dealkylation sites (N-methyl/N-ethyl adjacent to an activating group) is 1. The van der Waals surface area contributed by atoms with E-state index >= 15 is 0 Å². The Balaban J connectivity index is 1.36. The van der Waals surface area contributed by atoms with Gasteiger partial charge in [-0.25, -0.2) is 0 Å². The molecule has 154 valence electrons. The summed E-state index contributed by atoms with van der Waals surface area (Å²) in [5.41, 5.74) is 1.79. The molecule has 0 spiro atoms. The fourth-order valence-electron chi connectivity index (χ4n) is 4.05. The van der Waals surface area contributed by atoms with Gasteiger partial charge >= 0.3 is 0 Å². The molecule has 1 aromatic heterocycles. The van der Waals surface area contributed by atoms with Crippen molar-refractivity contribution in [1.29, 1.82) is 0 Å². The maximum Gasteiger partial charge on any atom is 0.255 e. The highest BCUT2D eigenvalue weighted by molar-refractivity contribution is 7.10. The lowest BCUT2D eigenvalue weighted by molar-refractivity contribution is -0.122. The van der Waals surface area contributed by atoms with E-state index in [4.69, 9.17) is 0 Å². The van der Waals surface area contributed by atoms with Gasteiger partial charge in [0.05, 0.1) is 12.5 Å². The molecule has 1 N–H and O–H groups in total. The lowest BCUT2D eigenvalue weighted by Gasteiger charge is -2.32. The maximum absolute atomic E-state index is 13.0. The van der Waals surface area contributed by atoms with Crippen molar-refractivity contribution in [1.82, 2.24) is 20.0 Å². The Kier molecular flexibility index (Phi) is 6.28. The largest absolute Gasteiger partial charge is 0.355 e. The molecule has 1 fully saturated rings. The standard InChI is InChI=1S/C22H28N4O2S/c1-24-10-12-25(13-11-24)9-8-23-21(27)15-19(20-7-4-14-29-20)26-16-17-5-2-3-6-18(17)22(26)28/h2-7,14,19H,8-13,15-16H2,1H3,(H,23,27). The topological polar surface area (TPSA) is 55.9 Å². The van der Waals surface area contributed by atoms with Gasteiger partial charge in [-0.15, -0.1) is 11.3 Å². The van der Waals surface area contributed by atoms with Gasteiger partial charge in [0.25, 0.3) is 5.91 Å². The van der Waals surface area contributed by atoms with E-state index < -0.39 is 0 Å². The molecule has 0 bridgehead atoms. The maximum atomic E-state index is 13.0. The molecule has 4 rings (SSSR count). The number of carbonyl (C=O) groups is 2. The van der Waals surface area contributed by atoms with Crippen LogP contribution in [0.2, 0.25) is 0 Å². The second-order valence-corrected chi connectivity index (χ2v) is 8.80. The van der Waals surface area contributed by atoms with Crippen LogP contribution in [-0.2, 0) is 11.3 Å². The van der Waals surface area contributed by atoms with Crippen molar-refractivity contribution in [3.63, 3.8) is 0 Å². The highest BCUT2D eigenvalue weighted by atomic mass is 32.1. The monoisotopic (exact) mass is 412 g/mol. The zero-order valence-electron chi connectivity index (χ0n) is 16.8. The van der Waals surface area contributed by atoms with Crippen molar-refractivity contribution in [3.8, 4) is 0 Å². The zero-order valence-corrected chi connectivity index (χ0v) is 17.7. The number of carbonyl (C=O) groups excluding carboxylic acids is 2. The first-order valence-electron chi connectivity index (χ1n) is 10.2. The Bertz CT molecular complexity index is 846. The van der Waals surface area contributed by atoms with E-state index in [1.165, 1.54) is 0 Å². The van der Waals surface area contributed by atoms with Crippen molar-refractivity contribution in [3.05, 3.63) is 57.8 Å². The minimum absolute atomic E-state index is 0.00119. The van der Waals surface area contributed by atoms with Gasteiger partial charge in [-0.2, -0.15) is 0 Å². The van der Waals surface area contributed by atoms with E-state index in [0.29, 0.717) is 19.5 Å². The molecule has 0 saturated carbocycles. The molecule has 2 aliphatic rings. The first kappa shape index (κ1) is 20.1. The number of nitrogens with one attached hydrogen (secondary N) is 1. The van der Waals surface area contributed by atoms with E-state index in [0.717, 1.165) is 48.7 Å².